The van der Waals surface area contributed by atoms with Gasteiger partial charge in [-0.2, -0.15) is 0 Å². The summed E-state index contributed by atoms with van der Waals surface area (Å²) in [6.07, 6.45) is 2.77. The van der Waals surface area contributed by atoms with Gasteiger partial charge in [-0.25, -0.2) is 4.39 Å². The van der Waals surface area contributed by atoms with Gasteiger partial charge in [0, 0.05) is 24.1 Å². The largest absolute Gasteiger partial charge is 0.384 e. The SMILES string of the molecule is O=C(CC1CC1)NCc1cc(C#CCO)ccc1F. The molecule has 4 heteroatoms. The zero-order valence-corrected chi connectivity index (χ0v) is 10.6. The molecule has 0 radical (unpaired) electrons. The fraction of sp³-hybridized carbons (Fsp3) is 0.400. The molecule has 0 saturated heterocycles. The molecule has 1 fully saturated rings. The van der Waals surface area contributed by atoms with E-state index in [1.54, 1.807) is 12.1 Å². The number of hydrogen-bond donors (Lipinski definition) is 2. The van der Waals surface area contributed by atoms with Gasteiger partial charge in [-0.3, -0.25) is 4.79 Å². The van der Waals surface area contributed by atoms with Gasteiger partial charge in [0.15, 0.2) is 0 Å². The van der Waals surface area contributed by atoms with Crippen molar-refractivity contribution < 1.29 is 14.3 Å². The molecular formula is C15H16FNO2. The number of benzene rings is 1. The minimum Gasteiger partial charge on any atom is -0.384 e. The number of rotatable bonds is 4. The Bertz CT molecular complexity index is 527. The van der Waals surface area contributed by atoms with Crippen LogP contribution in [0, 0.1) is 23.6 Å². The van der Waals surface area contributed by atoms with Gasteiger partial charge in [0.05, 0.1) is 0 Å². The van der Waals surface area contributed by atoms with Crippen LogP contribution in [0.3, 0.4) is 0 Å². The summed E-state index contributed by atoms with van der Waals surface area (Å²) in [5, 5.41) is 11.3. The first-order chi connectivity index (χ1) is 9.19. The lowest BCUT2D eigenvalue weighted by atomic mass is 10.1. The Morgan fingerprint density at radius 1 is 1.47 bits per heavy atom. The summed E-state index contributed by atoms with van der Waals surface area (Å²) < 4.78 is 13.6. The minimum atomic E-state index is -0.360. The lowest BCUT2D eigenvalue weighted by Crippen LogP contribution is -2.23. The highest BCUT2D eigenvalue weighted by molar-refractivity contribution is 5.76. The highest BCUT2D eigenvalue weighted by Gasteiger charge is 2.24. The fourth-order valence-electron chi connectivity index (χ4n) is 1.78. The van der Waals surface area contributed by atoms with Crippen molar-refractivity contribution in [2.75, 3.05) is 6.61 Å². The third-order valence-corrected chi connectivity index (χ3v) is 3.00. The van der Waals surface area contributed by atoms with Gasteiger partial charge in [-0.1, -0.05) is 11.8 Å². The number of nitrogens with one attached hydrogen (secondary N) is 1. The zero-order chi connectivity index (χ0) is 13.7. The van der Waals surface area contributed by atoms with E-state index in [-0.39, 0.29) is 24.9 Å². The number of carbonyl (C=O) groups excluding carboxylic acids is 1. The number of halogens is 1. The molecule has 3 nitrogen and oxygen atoms in total. The first kappa shape index (κ1) is 13.6. The lowest BCUT2D eigenvalue weighted by molar-refractivity contribution is -0.121. The third kappa shape index (κ3) is 4.38. The lowest BCUT2D eigenvalue weighted by Gasteiger charge is -2.06. The molecule has 1 aliphatic carbocycles. The monoisotopic (exact) mass is 261 g/mol. The molecule has 0 bridgehead atoms. The van der Waals surface area contributed by atoms with Gasteiger partial charge in [0.1, 0.15) is 12.4 Å². The molecule has 2 rings (SSSR count). The first-order valence-corrected chi connectivity index (χ1v) is 6.34. The van der Waals surface area contributed by atoms with Crippen LogP contribution in [0.2, 0.25) is 0 Å². The molecule has 0 aliphatic heterocycles. The topological polar surface area (TPSA) is 49.3 Å². The minimum absolute atomic E-state index is 0.0336. The van der Waals surface area contributed by atoms with Crippen LogP contribution in [-0.2, 0) is 11.3 Å². The van der Waals surface area contributed by atoms with Gasteiger partial charge < -0.3 is 10.4 Å². The van der Waals surface area contributed by atoms with Gasteiger partial charge in [0.25, 0.3) is 0 Å². The number of aliphatic hydroxyl groups is 1. The highest BCUT2D eigenvalue weighted by Crippen LogP contribution is 2.32. The number of carbonyl (C=O) groups is 1. The average Bonchev–Trinajstić information content (AvgIpc) is 3.20. The maximum absolute atomic E-state index is 13.6. The molecule has 19 heavy (non-hydrogen) atoms. The first-order valence-electron chi connectivity index (χ1n) is 6.34. The van der Waals surface area contributed by atoms with Crippen LogP contribution in [0.25, 0.3) is 0 Å². The van der Waals surface area contributed by atoms with Crippen molar-refractivity contribution in [2.45, 2.75) is 25.8 Å². The van der Waals surface area contributed by atoms with Crippen LogP contribution < -0.4 is 5.32 Å². The molecule has 0 unspecified atom stereocenters. The van der Waals surface area contributed by atoms with Crippen molar-refractivity contribution in [1.29, 1.82) is 0 Å². The molecule has 0 spiro atoms. The van der Waals surface area contributed by atoms with Gasteiger partial charge in [-0.15, -0.1) is 0 Å². The quantitative estimate of drug-likeness (QED) is 0.809. The molecule has 1 aromatic carbocycles. The van der Waals surface area contributed by atoms with Crippen LogP contribution in [0.4, 0.5) is 4.39 Å². The Balaban J connectivity index is 1.95. The summed E-state index contributed by atoms with van der Waals surface area (Å²) in [4.78, 5) is 11.5. The van der Waals surface area contributed by atoms with E-state index in [1.165, 1.54) is 6.07 Å². The van der Waals surface area contributed by atoms with Crippen molar-refractivity contribution in [3.8, 4) is 11.8 Å². The van der Waals surface area contributed by atoms with Crippen LogP contribution in [0.1, 0.15) is 30.4 Å². The van der Waals surface area contributed by atoms with E-state index < -0.39 is 0 Å². The van der Waals surface area contributed by atoms with Crippen molar-refractivity contribution in [3.05, 3.63) is 35.1 Å². The van der Waals surface area contributed by atoms with Gasteiger partial charge in [0.2, 0.25) is 5.91 Å². The van der Waals surface area contributed by atoms with E-state index >= 15 is 0 Å². The molecule has 0 heterocycles. The maximum atomic E-state index is 13.6. The summed E-state index contributed by atoms with van der Waals surface area (Å²) in [5.41, 5.74) is 1.04. The van der Waals surface area contributed by atoms with Crippen LogP contribution in [0.15, 0.2) is 18.2 Å². The summed E-state index contributed by atoms with van der Waals surface area (Å²) >= 11 is 0. The predicted molar refractivity (Wildman–Crippen MR) is 69.6 cm³/mol. The van der Waals surface area contributed by atoms with Crippen LogP contribution in [0.5, 0.6) is 0 Å². The normalized spacial score (nSPS) is 13.6. The molecule has 1 aromatic rings. The molecule has 0 aromatic heterocycles. The third-order valence-electron chi connectivity index (χ3n) is 3.00. The molecule has 1 aliphatic rings. The average molecular weight is 261 g/mol. The second kappa shape index (κ2) is 6.35. The summed E-state index contributed by atoms with van der Waals surface area (Å²) in [6, 6.07) is 4.46. The predicted octanol–water partition coefficient (Wildman–Crippen LogP) is 1.59. The Labute approximate surface area is 111 Å². The van der Waals surface area contributed by atoms with Crippen LogP contribution >= 0.6 is 0 Å². The highest BCUT2D eigenvalue weighted by atomic mass is 19.1. The van der Waals surface area contributed by atoms with E-state index in [2.05, 4.69) is 17.2 Å². The fourth-order valence-corrected chi connectivity index (χ4v) is 1.78. The maximum Gasteiger partial charge on any atom is 0.220 e. The van der Waals surface area contributed by atoms with E-state index in [0.29, 0.717) is 23.5 Å². The molecule has 1 saturated carbocycles. The Morgan fingerprint density at radius 2 is 2.26 bits per heavy atom. The Morgan fingerprint density at radius 3 is 2.95 bits per heavy atom. The second-order valence-corrected chi connectivity index (χ2v) is 4.69. The van der Waals surface area contributed by atoms with Crippen molar-refractivity contribution in [3.63, 3.8) is 0 Å². The van der Waals surface area contributed by atoms with Crippen molar-refractivity contribution in [2.24, 2.45) is 5.92 Å². The summed E-state index contributed by atoms with van der Waals surface area (Å²) in [7, 11) is 0. The Hall–Kier alpha value is -1.86. The van der Waals surface area contributed by atoms with Gasteiger partial charge in [-0.05, 0) is 37.0 Å². The van der Waals surface area contributed by atoms with Crippen molar-refractivity contribution in [1.82, 2.24) is 5.32 Å². The van der Waals surface area contributed by atoms with Crippen molar-refractivity contribution >= 4 is 5.91 Å². The zero-order valence-electron chi connectivity index (χ0n) is 10.6. The van der Waals surface area contributed by atoms with Gasteiger partial charge >= 0.3 is 0 Å². The summed E-state index contributed by atoms with van der Waals surface area (Å²) in [5.74, 6) is 5.35. The Kier molecular flexibility index (Phi) is 4.53. The van der Waals surface area contributed by atoms with E-state index in [4.69, 9.17) is 5.11 Å². The second-order valence-electron chi connectivity index (χ2n) is 4.69. The molecule has 0 atom stereocenters. The van der Waals surface area contributed by atoms with Crippen LogP contribution in [-0.4, -0.2) is 17.6 Å². The molecule has 2 N–H and O–H groups in total. The smallest absolute Gasteiger partial charge is 0.220 e. The summed E-state index contributed by atoms with van der Waals surface area (Å²) in [6.45, 7) is -0.0587. The number of amides is 1. The molecule has 100 valence electrons. The van der Waals surface area contributed by atoms with E-state index in [0.717, 1.165) is 12.8 Å². The standard InChI is InChI=1S/C15H16FNO2/c16-14-6-5-11(2-1-7-18)8-13(14)10-17-15(19)9-12-3-4-12/h5-6,8,12,18H,3-4,7,9-10H2,(H,17,19). The number of hydrogen-bond acceptors (Lipinski definition) is 2. The molecular weight excluding hydrogens is 245 g/mol. The van der Waals surface area contributed by atoms with E-state index in [1.807, 2.05) is 0 Å². The van der Waals surface area contributed by atoms with E-state index in [9.17, 15) is 9.18 Å². The molecule has 1 amide bonds. The number of aliphatic hydroxyl groups excluding tert-OH is 1.